The van der Waals surface area contributed by atoms with Crippen LogP contribution in [-0.4, -0.2) is 28.2 Å². The van der Waals surface area contributed by atoms with E-state index in [-0.39, 0.29) is 6.61 Å². The Balaban J connectivity index is 1.67. The molecule has 9 heteroatoms. The van der Waals surface area contributed by atoms with Gasteiger partial charge in [-0.1, -0.05) is 46.6 Å². The van der Waals surface area contributed by atoms with Gasteiger partial charge in [0.25, 0.3) is 0 Å². The number of benzene rings is 2. The van der Waals surface area contributed by atoms with Gasteiger partial charge in [-0.05, 0) is 49.8 Å². The first kappa shape index (κ1) is 23.4. The van der Waals surface area contributed by atoms with Crippen molar-refractivity contribution in [1.29, 1.82) is 0 Å². The third kappa shape index (κ3) is 5.69. The number of aromatic nitrogens is 1. The number of hydrogen-bond acceptors (Lipinski definition) is 5. The number of nitrogens with zero attached hydrogens (tertiary/aromatic N) is 1. The third-order valence-electron chi connectivity index (χ3n) is 4.60. The van der Waals surface area contributed by atoms with E-state index in [4.69, 9.17) is 37.6 Å². The van der Waals surface area contributed by atoms with Gasteiger partial charge in [-0.2, -0.15) is 0 Å². The highest BCUT2D eigenvalue weighted by Gasteiger charge is 2.20. The second-order valence-electron chi connectivity index (χ2n) is 6.92. The minimum atomic E-state index is -1.10. The van der Waals surface area contributed by atoms with Crippen molar-refractivity contribution in [2.24, 2.45) is 0 Å². The van der Waals surface area contributed by atoms with Crippen LogP contribution in [0.25, 0.3) is 17.3 Å². The zero-order valence-corrected chi connectivity index (χ0v) is 18.8. The number of halogens is 2. The SMILES string of the molecule is Cc1onc(-c2c(Cl)cccc2Cl)c1COc1ccc(/C=C/C(=O)N[C@@H](C)C(=O)O)cc1. The summed E-state index contributed by atoms with van der Waals surface area (Å²) in [6, 6.07) is 11.3. The molecule has 32 heavy (non-hydrogen) atoms. The predicted octanol–water partition coefficient (Wildman–Crippen LogP) is 5.14. The molecule has 1 atom stereocenters. The Morgan fingerprint density at radius 1 is 1.19 bits per heavy atom. The van der Waals surface area contributed by atoms with E-state index >= 15 is 0 Å². The highest BCUT2D eigenvalue weighted by atomic mass is 35.5. The first-order valence-corrected chi connectivity index (χ1v) is 10.4. The molecule has 2 aromatic carbocycles. The number of carbonyl (C=O) groups excluding carboxylic acids is 1. The van der Waals surface area contributed by atoms with Crippen molar-refractivity contribution >= 4 is 41.2 Å². The lowest BCUT2D eigenvalue weighted by molar-refractivity contribution is -0.140. The maximum absolute atomic E-state index is 11.7. The van der Waals surface area contributed by atoms with Crippen LogP contribution in [-0.2, 0) is 16.2 Å². The molecular weight excluding hydrogens is 455 g/mol. The Hall–Kier alpha value is -3.29. The number of aliphatic carboxylic acids is 1. The number of amides is 1. The van der Waals surface area contributed by atoms with Gasteiger partial charge in [0.05, 0.1) is 15.6 Å². The first-order chi connectivity index (χ1) is 15.3. The fourth-order valence-electron chi connectivity index (χ4n) is 2.81. The summed E-state index contributed by atoms with van der Waals surface area (Å²) in [7, 11) is 0. The van der Waals surface area contributed by atoms with E-state index in [0.29, 0.717) is 32.8 Å². The summed E-state index contributed by atoms with van der Waals surface area (Å²) < 4.78 is 11.2. The molecule has 0 saturated carbocycles. The van der Waals surface area contributed by atoms with E-state index in [1.165, 1.54) is 13.0 Å². The van der Waals surface area contributed by atoms with Crippen molar-refractivity contribution in [2.75, 3.05) is 0 Å². The molecule has 0 aliphatic heterocycles. The number of nitrogens with one attached hydrogen (secondary N) is 1. The maximum Gasteiger partial charge on any atom is 0.325 e. The molecule has 166 valence electrons. The molecule has 0 unspecified atom stereocenters. The maximum atomic E-state index is 11.7. The average Bonchev–Trinajstić information content (AvgIpc) is 3.11. The van der Waals surface area contributed by atoms with Crippen LogP contribution in [0.15, 0.2) is 53.1 Å². The lowest BCUT2D eigenvalue weighted by atomic mass is 10.1. The van der Waals surface area contributed by atoms with Gasteiger partial charge < -0.3 is 19.7 Å². The minimum Gasteiger partial charge on any atom is -0.489 e. The third-order valence-corrected chi connectivity index (χ3v) is 5.23. The summed E-state index contributed by atoms with van der Waals surface area (Å²) in [5.74, 6) is -0.398. The van der Waals surface area contributed by atoms with Crippen LogP contribution in [0.5, 0.6) is 5.75 Å². The molecule has 3 rings (SSSR count). The highest BCUT2D eigenvalue weighted by Crippen LogP contribution is 2.37. The molecule has 0 spiro atoms. The Labute approximate surface area is 194 Å². The molecule has 0 radical (unpaired) electrons. The number of carbonyl (C=O) groups is 2. The van der Waals surface area contributed by atoms with Crippen LogP contribution < -0.4 is 10.1 Å². The Bertz CT molecular complexity index is 1140. The first-order valence-electron chi connectivity index (χ1n) is 9.60. The molecule has 2 N–H and O–H groups in total. The van der Waals surface area contributed by atoms with E-state index in [0.717, 1.165) is 11.1 Å². The number of carboxylic acid groups (broad SMARTS) is 1. The monoisotopic (exact) mass is 474 g/mol. The highest BCUT2D eigenvalue weighted by molar-refractivity contribution is 6.39. The molecule has 0 bridgehead atoms. The summed E-state index contributed by atoms with van der Waals surface area (Å²) in [6.07, 6.45) is 2.85. The van der Waals surface area contributed by atoms with Crippen molar-refractivity contribution in [2.45, 2.75) is 26.5 Å². The second-order valence-corrected chi connectivity index (χ2v) is 7.74. The van der Waals surface area contributed by atoms with E-state index < -0.39 is 17.9 Å². The van der Waals surface area contributed by atoms with E-state index in [1.54, 1.807) is 55.5 Å². The van der Waals surface area contributed by atoms with Gasteiger partial charge >= 0.3 is 5.97 Å². The van der Waals surface area contributed by atoms with Gasteiger partial charge in [0.15, 0.2) is 0 Å². The van der Waals surface area contributed by atoms with Gasteiger partial charge in [-0.15, -0.1) is 0 Å². The van der Waals surface area contributed by atoms with Gasteiger partial charge in [0.2, 0.25) is 5.91 Å². The molecule has 0 saturated heterocycles. The number of carboxylic acids is 1. The van der Waals surface area contributed by atoms with Crippen LogP contribution >= 0.6 is 23.2 Å². The summed E-state index contributed by atoms with van der Waals surface area (Å²) >= 11 is 12.6. The fourth-order valence-corrected chi connectivity index (χ4v) is 3.38. The lowest BCUT2D eigenvalue weighted by Crippen LogP contribution is -2.37. The fraction of sp³-hybridized carbons (Fsp3) is 0.174. The number of aryl methyl sites for hydroxylation is 1. The van der Waals surface area contributed by atoms with Crippen LogP contribution in [0, 0.1) is 6.92 Å². The van der Waals surface area contributed by atoms with Crippen LogP contribution in [0.2, 0.25) is 10.0 Å². The van der Waals surface area contributed by atoms with Crippen molar-refractivity contribution in [1.82, 2.24) is 10.5 Å². The Morgan fingerprint density at radius 2 is 1.84 bits per heavy atom. The number of hydrogen-bond donors (Lipinski definition) is 2. The smallest absolute Gasteiger partial charge is 0.325 e. The van der Waals surface area contributed by atoms with E-state index in [2.05, 4.69) is 10.5 Å². The second kappa shape index (κ2) is 10.3. The molecule has 0 aliphatic rings. The van der Waals surface area contributed by atoms with Gasteiger partial charge in [0, 0.05) is 11.6 Å². The molecule has 1 aromatic heterocycles. The molecule has 0 aliphatic carbocycles. The van der Waals surface area contributed by atoms with E-state index in [9.17, 15) is 9.59 Å². The number of ether oxygens (including phenoxy) is 1. The zero-order valence-electron chi connectivity index (χ0n) is 17.3. The van der Waals surface area contributed by atoms with Crippen molar-refractivity contribution in [3.05, 3.63) is 75.5 Å². The quantitative estimate of drug-likeness (QED) is 0.438. The van der Waals surface area contributed by atoms with Crippen molar-refractivity contribution < 1.29 is 24.0 Å². The molecule has 1 amide bonds. The standard InChI is InChI=1S/C23H20Cl2N2O5/c1-13(23(29)30)26-20(28)11-8-15-6-9-16(10-7-15)31-12-17-14(2)32-27-22(17)21-18(24)4-3-5-19(21)25/h3-11,13H,12H2,1-2H3,(H,26,28)(H,29,30)/b11-8+/t13-/m0/s1. The summed E-state index contributed by atoms with van der Waals surface area (Å²) in [5, 5.41) is 16.2. The van der Waals surface area contributed by atoms with Crippen molar-refractivity contribution in [3.8, 4) is 17.0 Å². The summed E-state index contributed by atoms with van der Waals surface area (Å²) in [4.78, 5) is 22.5. The average molecular weight is 475 g/mol. The van der Waals surface area contributed by atoms with E-state index in [1.807, 2.05) is 0 Å². The van der Waals surface area contributed by atoms with Gasteiger partial charge in [-0.3, -0.25) is 9.59 Å². The zero-order chi connectivity index (χ0) is 23.3. The van der Waals surface area contributed by atoms with Crippen molar-refractivity contribution in [3.63, 3.8) is 0 Å². The molecule has 0 fully saturated rings. The normalized spacial score (nSPS) is 12.0. The minimum absolute atomic E-state index is 0.191. The lowest BCUT2D eigenvalue weighted by Gasteiger charge is -2.09. The predicted molar refractivity (Wildman–Crippen MR) is 122 cm³/mol. The summed E-state index contributed by atoms with van der Waals surface area (Å²) in [6.45, 7) is 3.36. The van der Waals surface area contributed by atoms with Crippen LogP contribution in [0.1, 0.15) is 23.8 Å². The van der Waals surface area contributed by atoms with Gasteiger partial charge in [0.1, 0.15) is 29.9 Å². The Morgan fingerprint density at radius 3 is 2.47 bits per heavy atom. The summed E-state index contributed by atoms with van der Waals surface area (Å²) in [5.41, 5.74) is 2.59. The molecule has 1 heterocycles. The molecular formula is C23H20Cl2N2O5. The molecule has 3 aromatic rings. The number of rotatable bonds is 8. The van der Waals surface area contributed by atoms with Crippen LogP contribution in [0.3, 0.4) is 0 Å². The molecule has 7 nitrogen and oxygen atoms in total. The Kier molecular flexibility index (Phi) is 7.56. The largest absolute Gasteiger partial charge is 0.489 e. The topological polar surface area (TPSA) is 102 Å². The van der Waals surface area contributed by atoms with Gasteiger partial charge in [-0.25, -0.2) is 0 Å². The van der Waals surface area contributed by atoms with Crippen LogP contribution in [0.4, 0.5) is 0 Å².